The molecule has 1 aromatic heterocycles. The Balaban J connectivity index is 1.21. The number of benzene rings is 3. The highest BCUT2D eigenvalue weighted by Crippen LogP contribution is 2.25. The molecule has 0 unspecified atom stereocenters. The minimum atomic E-state index is -0.0794. The Kier molecular flexibility index (Phi) is 7.99. The zero-order valence-electron chi connectivity index (χ0n) is 21.5. The van der Waals surface area contributed by atoms with E-state index in [1.807, 2.05) is 83.8 Å². The number of carbonyl (C=O) groups is 2. The fraction of sp³-hybridized carbons (Fsp3) is 0.290. The summed E-state index contributed by atoms with van der Waals surface area (Å²) in [5, 5.41) is 4.80. The van der Waals surface area contributed by atoms with Gasteiger partial charge in [-0.2, -0.15) is 0 Å². The van der Waals surface area contributed by atoms with E-state index >= 15 is 0 Å². The van der Waals surface area contributed by atoms with Gasteiger partial charge in [-0.1, -0.05) is 54.1 Å². The smallest absolute Gasteiger partial charge is 0.270 e. The van der Waals surface area contributed by atoms with Gasteiger partial charge in [-0.05, 0) is 66.8 Å². The van der Waals surface area contributed by atoms with Gasteiger partial charge in [0, 0.05) is 48.0 Å². The zero-order valence-corrected chi connectivity index (χ0v) is 22.3. The number of hydrogen-bond acceptors (Lipinski definition) is 3. The molecule has 4 aromatic rings. The molecule has 2 amide bonds. The molecule has 0 bridgehead atoms. The lowest BCUT2D eigenvalue weighted by Crippen LogP contribution is -2.43. The van der Waals surface area contributed by atoms with Gasteiger partial charge in [0.1, 0.15) is 11.4 Å². The van der Waals surface area contributed by atoms with Crippen LogP contribution < -0.4 is 10.1 Å². The van der Waals surface area contributed by atoms with Crippen LogP contribution >= 0.6 is 11.6 Å². The van der Waals surface area contributed by atoms with Crippen molar-refractivity contribution < 1.29 is 14.3 Å². The quantitative estimate of drug-likeness (QED) is 0.325. The standard InChI is InChI=1S/C31H32ClN3O3/c1-38-27-7-4-5-22(19-27)13-16-33-30(36)24-14-17-34(18-15-24)31(37)29-20-25-6-2-3-8-28(25)35(29)21-23-9-11-26(32)12-10-23/h2-12,19-20,24H,13-18,21H2,1H3,(H,33,36). The Morgan fingerprint density at radius 3 is 2.47 bits per heavy atom. The third-order valence-corrected chi connectivity index (χ3v) is 7.54. The van der Waals surface area contributed by atoms with Crippen molar-refractivity contribution in [2.24, 2.45) is 5.92 Å². The number of nitrogens with zero attached hydrogens (tertiary/aromatic N) is 2. The molecule has 0 saturated carbocycles. The Morgan fingerprint density at radius 1 is 0.947 bits per heavy atom. The first-order valence-corrected chi connectivity index (χ1v) is 13.4. The summed E-state index contributed by atoms with van der Waals surface area (Å²) in [6.45, 7) is 2.29. The van der Waals surface area contributed by atoms with Gasteiger partial charge < -0.3 is 19.5 Å². The van der Waals surface area contributed by atoms with Crippen molar-refractivity contribution in [1.82, 2.24) is 14.8 Å². The summed E-state index contributed by atoms with van der Waals surface area (Å²) in [4.78, 5) is 28.4. The second-order valence-electron chi connectivity index (χ2n) is 9.76. The number of amides is 2. The van der Waals surface area contributed by atoms with Crippen molar-refractivity contribution >= 4 is 34.3 Å². The minimum absolute atomic E-state index is 0.00652. The van der Waals surface area contributed by atoms with E-state index in [1.165, 1.54) is 0 Å². The summed E-state index contributed by atoms with van der Waals surface area (Å²) < 4.78 is 7.35. The average molecular weight is 530 g/mol. The van der Waals surface area contributed by atoms with Crippen LogP contribution in [0.25, 0.3) is 10.9 Å². The van der Waals surface area contributed by atoms with Crippen molar-refractivity contribution in [3.63, 3.8) is 0 Å². The maximum absolute atomic E-state index is 13.7. The lowest BCUT2D eigenvalue weighted by molar-refractivity contribution is -0.126. The fourth-order valence-electron chi connectivity index (χ4n) is 5.14. The summed E-state index contributed by atoms with van der Waals surface area (Å²) in [5.74, 6) is 0.811. The molecule has 0 radical (unpaired) electrons. The van der Waals surface area contributed by atoms with Crippen LogP contribution in [0.4, 0.5) is 0 Å². The summed E-state index contributed by atoms with van der Waals surface area (Å²) in [6.07, 6.45) is 2.07. The van der Waals surface area contributed by atoms with E-state index in [0.717, 1.165) is 34.2 Å². The van der Waals surface area contributed by atoms with Crippen LogP contribution in [-0.4, -0.2) is 48.0 Å². The van der Waals surface area contributed by atoms with E-state index in [9.17, 15) is 9.59 Å². The molecule has 1 N–H and O–H groups in total. The van der Waals surface area contributed by atoms with Gasteiger partial charge in [-0.15, -0.1) is 0 Å². The van der Waals surface area contributed by atoms with Crippen molar-refractivity contribution in [2.75, 3.05) is 26.7 Å². The molecule has 1 aliphatic heterocycles. The van der Waals surface area contributed by atoms with Gasteiger partial charge in [-0.3, -0.25) is 9.59 Å². The number of carbonyl (C=O) groups excluding carboxylic acids is 2. The number of ether oxygens (including phenoxy) is 1. The highest BCUT2D eigenvalue weighted by molar-refractivity contribution is 6.30. The molecular weight excluding hydrogens is 498 g/mol. The largest absolute Gasteiger partial charge is 0.497 e. The summed E-state index contributed by atoms with van der Waals surface area (Å²) in [6, 6.07) is 25.6. The number of aromatic nitrogens is 1. The maximum Gasteiger partial charge on any atom is 0.270 e. The highest BCUT2D eigenvalue weighted by Gasteiger charge is 2.29. The number of fused-ring (bicyclic) bond motifs is 1. The molecule has 0 spiro atoms. The molecule has 1 aliphatic rings. The van der Waals surface area contributed by atoms with Crippen molar-refractivity contribution in [3.05, 3.63) is 101 Å². The third kappa shape index (κ3) is 5.86. The van der Waals surface area contributed by atoms with Crippen LogP contribution in [0.1, 0.15) is 34.5 Å². The first-order chi connectivity index (χ1) is 18.5. The topological polar surface area (TPSA) is 63.6 Å². The predicted octanol–water partition coefficient (Wildman–Crippen LogP) is 5.56. The van der Waals surface area contributed by atoms with E-state index in [1.54, 1.807) is 7.11 Å². The molecule has 6 nitrogen and oxygen atoms in total. The SMILES string of the molecule is COc1cccc(CCNC(=O)C2CCN(C(=O)c3cc4ccccc4n3Cc3ccc(Cl)cc3)CC2)c1. The van der Waals surface area contributed by atoms with Gasteiger partial charge in [0.25, 0.3) is 5.91 Å². The molecular formula is C31H32ClN3O3. The lowest BCUT2D eigenvalue weighted by atomic mass is 9.95. The van der Waals surface area contributed by atoms with Crippen LogP contribution in [0, 0.1) is 5.92 Å². The van der Waals surface area contributed by atoms with Crippen LogP contribution in [0.5, 0.6) is 5.75 Å². The molecule has 5 rings (SSSR count). The predicted molar refractivity (Wildman–Crippen MR) is 151 cm³/mol. The molecule has 7 heteroatoms. The van der Waals surface area contributed by atoms with Gasteiger partial charge in [0.2, 0.25) is 5.91 Å². The molecule has 0 atom stereocenters. The molecule has 196 valence electrons. The van der Waals surface area contributed by atoms with E-state index < -0.39 is 0 Å². The van der Waals surface area contributed by atoms with Crippen LogP contribution in [0.2, 0.25) is 5.02 Å². The van der Waals surface area contributed by atoms with E-state index in [2.05, 4.69) is 9.88 Å². The molecule has 1 saturated heterocycles. The number of rotatable bonds is 8. The minimum Gasteiger partial charge on any atom is -0.497 e. The van der Waals surface area contributed by atoms with Gasteiger partial charge in [0.15, 0.2) is 0 Å². The van der Waals surface area contributed by atoms with Crippen LogP contribution in [0.3, 0.4) is 0 Å². The van der Waals surface area contributed by atoms with Crippen molar-refractivity contribution in [3.8, 4) is 5.75 Å². The summed E-state index contributed by atoms with van der Waals surface area (Å²) >= 11 is 6.07. The van der Waals surface area contributed by atoms with Gasteiger partial charge in [-0.25, -0.2) is 0 Å². The molecule has 38 heavy (non-hydrogen) atoms. The second kappa shape index (κ2) is 11.7. The normalized spacial score (nSPS) is 14.0. The number of nitrogens with one attached hydrogen (secondary N) is 1. The van der Waals surface area contributed by atoms with E-state index in [4.69, 9.17) is 16.3 Å². The van der Waals surface area contributed by atoms with E-state index in [-0.39, 0.29) is 17.7 Å². The van der Waals surface area contributed by atoms with Gasteiger partial charge in [0.05, 0.1) is 7.11 Å². The molecule has 2 heterocycles. The van der Waals surface area contributed by atoms with Gasteiger partial charge >= 0.3 is 0 Å². The number of likely N-dealkylation sites (tertiary alicyclic amines) is 1. The number of halogens is 1. The Morgan fingerprint density at radius 2 is 1.71 bits per heavy atom. The third-order valence-electron chi connectivity index (χ3n) is 7.28. The second-order valence-corrected chi connectivity index (χ2v) is 10.2. The van der Waals surface area contributed by atoms with Crippen LogP contribution in [-0.2, 0) is 17.8 Å². The number of methoxy groups -OCH3 is 1. The number of para-hydroxylation sites is 1. The highest BCUT2D eigenvalue weighted by atomic mass is 35.5. The van der Waals surface area contributed by atoms with E-state index in [0.29, 0.717) is 49.7 Å². The summed E-state index contributed by atoms with van der Waals surface area (Å²) in [5.41, 5.74) is 3.90. The maximum atomic E-state index is 13.7. The monoisotopic (exact) mass is 529 g/mol. The van der Waals surface area contributed by atoms with Crippen LogP contribution in [0.15, 0.2) is 78.9 Å². The number of hydrogen-bond donors (Lipinski definition) is 1. The Bertz CT molecular complexity index is 1420. The molecule has 0 aliphatic carbocycles. The fourth-order valence-corrected chi connectivity index (χ4v) is 5.27. The summed E-state index contributed by atoms with van der Waals surface area (Å²) in [7, 11) is 1.65. The molecule has 1 fully saturated rings. The van der Waals surface area contributed by atoms with Crippen molar-refractivity contribution in [2.45, 2.75) is 25.8 Å². The Labute approximate surface area is 228 Å². The zero-order chi connectivity index (χ0) is 26.5. The first kappa shape index (κ1) is 25.9. The lowest BCUT2D eigenvalue weighted by Gasteiger charge is -2.31. The Hall–Kier alpha value is -3.77. The van der Waals surface area contributed by atoms with Crippen molar-refractivity contribution in [1.29, 1.82) is 0 Å². The number of piperidine rings is 1. The first-order valence-electron chi connectivity index (χ1n) is 13.0. The average Bonchev–Trinajstić information content (AvgIpc) is 3.32. The molecule has 3 aromatic carbocycles.